The minimum absolute atomic E-state index is 0.153. The predicted molar refractivity (Wildman–Crippen MR) is 114 cm³/mol. The van der Waals surface area contributed by atoms with Crippen molar-refractivity contribution >= 4 is 28.3 Å². The zero-order valence-corrected chi connectivity index (χ0v) is 17.6. The van der Waals surface area contributed by atoms with Gasteiger partial charge in [0.2, 0.25) is 5.91 Å². The third kappa shape index (κ3) is 4.13. The fourth-order valence-electron chi connectivity index (χ4n) is 6.36. The van der Waals surface area contributed by atoms with Gasteiger partial charge < -0.3 is 10.6 Å². The molecule has 30 heavy (non-hydrogen) atoms. The van der Waals surface area contributed by atoms with Crippen LogP contribution in [0.5, 0.6) is 0 Å². The van der Waals surface area contributed by atoms with Gasteiger partial charge in [-0.05, 0) is 92.4 Å². The maximum Gasteiger partial charge on any atom is 0.251 e. The van der Waals surface area contributed by atoms with Crippen molar-refractivity contribution in [3.05, 3.63) is 46.7 Å². The van der Waals surface area contributed by atoms with Crippen LogP contribution in [0.25, 0.3) is 0 Å². The Morgan fingerprint density at radius 2 is 1.70 bits per heavy atom. The molecule has 0 spiro atoms. The molecule has 2 amide bonds. The second-order valence-electron chi connectivity index (χ2n) is 9.48. The third-order valence-electron chi connectivity index (χ3n) is 7.04. The van der Waals surface area contributed by atoms with Gasteiger partial charge in [0.15, 0.2) is 5.13 Å². The quantitative estimate of drug-likeness (QED) is 0.717. The zero-order chi connectivity index (χ0) is 20.7. The Labute approximate surface area is 179 Å². The van der Waals surface area contributed by atoms with Crippen LogP contribution in [0.4, 0.5) is 9.52 Å². The van der Waals surface area contributed by atoms with Crippen LogP contribution in [-0.4, -0.2) is 23.3 Å². The number of thiazole rings is 1. The SMILES string of the molecule is O=C(CNC(=O)c1ccc(F)cc1)Nc1nc(CC23CC4CC(CC(C4)C2)C3)cs1. The number of benzene rings is 1. The lowest BCUT2D eigenvalue weighted by molar-refractivity contribution is -0.115. The molecule has 2 N–H and O–H groups in total. The van der Waals surface area contributed by atoms with E-state index in [0.29, 0.717) is 16.1 Å². The molecule has 158 valence electrons. The van der Waals surface area contributed by atoms with Gasteiger partial charge in [0, 0.05) is 10.9 Å². The summed E-state index contributed by atoms with van der Waals surface area (Å²) in [6.45, 7) is -0.153. The van der Waals surface area contributed by atoms with Gasteiger partial charge in [-0.15, -0.1) is 11.3 Å². The molecule has 4 fully saturated rings. The van der Waals surface area contributed by atoms with E-state index in [9.17, 15) is 14.0 Å². The van der Waals surface area contributed by atoms with Crippen molar-refractivity contribution in [3.8, 4) is 0 Å². The maximum atomic E-state index is 12.9. The maximum absolute atomic E-state index is 12.9. The van der Waals surface area contributed by atoms with Gasteiger partial charge in [0.05, 0.1) is 12.2 Å². The highest BCUT2D eigenvalue weighted by Crippen LogP contribution is 2.61. The van der Waals surface area contributed by atoms with Gasteiger partial charge in [0.1, 0.15) is 5.82 Å². The van der Waals surface area contributed by atoms with E-state index >= 15 is 0 Å². The van der Waals surface area contributed by atoms with Gasteiger partial charge in [-0.3, -0.25) is 9.59 Å². The van der Waals surface area contributed by atoms with E-state index in [1.165, 1.54) is 74.1 Å². The lowest BCUT2D eigenvalue weighted by Crippen LogP contribution is -2.47. The number of anilines is 1. The summed E-state index contributed by atoms with van der Waals surface area (Å²) in [7, 11) is 0. The first-order valence-electron chi connectivity index (χ1n) is 10.7. The van der Waals surface area contributed by atoms with Gasteiger partial charge in [-0.2, -0.15) is 0 Å². The molecule has 1 heterocycles. The number of aromatic nitrogens is 1. The summed E-state index contributed by atoms with van der Waals surface area (Å²) in [4.78, 5) is 28.9. The van der Waals surface area contributed by atoms with E-state index in [4.69, 9.17) is 0 Å². The van der Waals surface area contributed by atoms with Crippen LogP contribution in [0.15, 0.2) is 29.6 Å². The normalized spacial score (nSPS) is 29.0. The van der Waals surface area contributed by atoms with Crippen molar-refractivity contribution < 1.29 is 14.0 Å². The highest BCUT2D eigenvalue weighted by Gasteiger charge is 2.50. The molecule has 4 bridgehead atoms. The average Bonchev–Trinajstić information content (AvgIpc) is 3.11. The molecule has 5 nitrogen and oxygen atoms in total. The molecule has 2 aromatic rings. The van der Waals surface area contributed by atoms with Crippen LogP contribution in [0.2, 0.25) is 0 Å². The van der Waals surface area contributed by atoms with E-state index in [1.54, 1.807) is 0 Å². The highest BCUT2D eigenvalue weighted by molar-refractivity contribution is 7.13. The monoisotopic (exact) mass is 427 g/mol. The smallest absolute Gasteiger partial charge is 0.251 e. The number of carbonyl (C=O) groups is 2. The lowest BCUT2D eigenvalue weighted by Gasteiger charge is -2.56. The highest BCUT2D eigenvalue weighted by atomic mass is 32.1. The summed E-state index contributed by atoms with van der Waals surface area (Å²) in [5.74, 6) is 1.61. The van der Waals surface area contributed by atoms with Crippen molar-refractivity contribution in [1.82, 2.24) is 10.3 Å². The van der Waals surface area contributed by atoms with Crippen molar-refractivity contribution in [2.75, 3.05) is 11.9 Å². The molecule has 0 radical (unpaired) electrons. The molecular weight excluding hydrogens is 401 g/mol. The van der Waals surface area contributed by atoms with E-state index < -0.39 is 11.7 Å². The standard InChI is InChI=1S/C23H26FN3O2S/c24-18-3-1-17(2-4-18)21(29)25-12-20(28)27-22-26-19(13-30-22)11-23-8-14-5-15(9-23)7-16(6-14)10-23/h1-4,13-16H,5-12H2,(H,25,29)(H,26,27,28). The first-order valence-corrected chi connectivity index (χ1v) is 11.6. The van der Waals surface area contributed by atoms with Gasteiger partial charge in [-0.1, -0.05) is 0 Å². The lowest BCUT2D eigenvalue weighted by atomic mass is 9.48. The molecule has 0 saturated heterocycles. The minimum Gasteiger partial charge on any atom is -0.343 e. The van der Waals surface area contributed by atoms with E-state index in [2.05, 4.69) is 21.0 Å². The van der Waals surface area contributed by atoms with Gasteiger partial charge >= 0.3 is 0 Å². The van der Waals surface area contributed by atoms with Crippen LogP contribution >= 0.6 is 11.3 Å². The van der Waals surface area contributed by atoms with Crippen LogP contribution in [0, 0.1) is 29.0 Å². The molecule has 1 aromatic heterocycles. The fraction of sp³-hybridized carbons (Fsp3) is 0.522. The van der Waals surface area contributed by atoms with Crippen molar-refractivity contribution in [3.63, 3.8) is 0 Å². The molecule has 0 aliphatic heterocycles. The Balaban J connectivity index is 1.14. The van der Waals surface area contributed by atoms with E-state index in [0.717, 1.165) is 29.9 Å². The summed E-state index contributed by atoms with van der Waals surface area (Å²) in [5, 5.41) is 7.97. The number of halogens is 1. The first kappa shape index (κ1) is 19.7. The number of nitrogens with one attached hydrogen (secondary N) is 2. The molecule has 4 saturated carbocycles. The topological polar surface area (TPSA) is 71.1 Å². The Morgan fingerprint density at radius 3 is 2.33 bits per heavy atom. The summed E-state index contributed by atoms with van der Waals surface area (Å²) >= 11 is 1.44. The van der Waals surface area contributed by atoms with Crippen LogP contribution < -0.4 is 10.6 Å². The second kappa shape index (κ2) is 7.76. The summed E-state index contributed by atoms with van der Waals surface area (Å²) < 4.78 is 12.9. The molecule has 0 atom stereocenters. The molecule has 4 aliphatic rings. The Hall–Kier alpha value is -2.28. The Kier molecular flexibility index (Phi) is 5.09. The van der Waals surface area contributed by atoms with Crippen LogP contribution in [0.3, 0.4) is 0 Å². The number of nitrogens with zero attached hydrogens (tertiary/aromatic N) is 1. The largest absolute Gasteiger partial charge is 0.343 e. The number of rotatable bonds is 6. The van der Waals surface area contributed by atoms with Crippen molar-refractivity contribution in [1.29, 1.82) is 0 Å². The van der Waals surface area contributed by atoms with Crippen molar-refractivity contribution in [2.45, 2.75) is 44.9 Å². The Bertz CT molecular complexity index is 920. The third-order valence-corrected chi connectivity index (χ3v) is 7.84. The summed E-state index contributed by atoms with van der Waals surface area (Å²) in [5.41, 5.74) is 1.82. The molecular formula is C23H26FN3O2S. The minimum atomic E-state index is -0.410. The van der Waals surface area contributed by atoms with E-state index in [-0.39, 0.29) is 12.5 Å². The average molecular weight is 428 g/mol. The van der Waals surface area contributed by atoms with Crippen LogP contribution in [-0.2, 0) is 11.2 Å². The number of amides is 2. The number of carbonyl (C=O) groups excluding carboxylic acids is 2. The molecule has 6 rings (SSSR count). The summed E-state index contributed by atoms with van der Waals surface area (Å²) in [6, 6.07) is 5.21. The first-order chi connectivity index (χ1) is 14.5. The predicted octanol–water partition coefficient (Wildman–Crippen LogP) is 4.41. The van der Waals surface area contributed by atoms with E-state index in [1.807, 2.05) is 0 Å². The zero-order valence-electron chi connectivity index (χ0n) is 16.8. The van der Waals surface area contributed by atoms with Gasteiger partial charge in [-0.25, -0.2) is 9.37 Å². The molecule has 1 aromatic carbocycles. The van der Waals surface area contributed by atoms with Crippen molar-refractivity contribution in [2.24, 2.45) is 23.2 Å². The van der Waals surface area contributed by atoms with Gasteiger partial charge in [0.25, 0.3) is 5.91 Å². The van der Waals surface area contributed by atoms with Crippen LogP contribution in [0.1, 0.15) is 54.6 Å². The number of hydrogen-bond donors (Lipinski definition) is 2. The Morgan fingerprint density at radius 1 is 1.07 bits per heavy atom. The molecule has 0 unspecified atom stereocenters. The number of hydrogen-bond acceptors (Lipinski definition) is 4. The molecule has 4 aliphatic carbocycles. The molecule has 7 heteroatoms. The summed E-state index contributed by atoms with van der Waals surface area (Å²) in [6.07, 6.45) is 9.34. The fourth-order valence-corrected chi connectivity index (χ4v) is 7.09. The second-order valence-corrected chi connectivity index (χ2v) is 10.3.